The zero-order valence-corrected chi connectivity index (χ0v) is 25.7. The van der Waals surface area contributed by atoms with Crippen molar-refractivity contribution in [1.82, 2.24) is 19.9 Å². The molecule has 2 saturated carbocycles. The van der Waals surface area contributed by atoms with Gasteiger partial charge in [-0.1, -0.05) is 0 Å². The van der Waals surface area contributed by atoms with Crippen LogP contribution in [0.4, 0.5) is 17.3 Å². The third-order valence-electron chi connectivity index (χ3n) is 9.10. The normalized spacial score (nSPS) is 27.6. The highest BCUT2D eigenvalue weighted by molar-refractivity contribution is 7.13. The Balaban J connectivity index is 1.42. The second kappa shape index (κ2) is 10.8. The highest BCUT2D eigenvalue weighted by atomic mass is 32.1. The average molecular weight is 634 g/mol. The van der Waals surface area contributed by atoms with E-state index < -0.39 is 70.1 Å². The van der Waals surface area contributed by atoms with Gasteiger partial charge in [0.25, 0.3) is 0 Å². The Morgan fingerprint density at radius 3 is 2.36 bits per heavy atom. The molecule has 2 heterocycles. The van der Waals surface area contributed by atoms with Crippen LogP contribution in [-0.4, -0.2) is 98.9 Å². The van der Waals surface area contributed by atoms with Crippen LogP contribution in [0.1, 0.15) is 22.3 Å². The Morgan fingerprint density at radius 1 is 1.09 bits per heavy atom. The van der Waals surface area contributed by atoms with E-state index in [4.69, 9.17) is 5.73 Å². The molecule has 3 aromatic rings. The molecule has 0 spiro atoms. The van der Waals surface area contributed by atoms with Gasteiger partial charge in [-0.3, -0.25) is 28.9 Å². The van der Waals surface area contributed by atoms with Crippen LogP contribution in [0.3, 0.4) is 0 Å². The monoisotopic (exact) mass is 633 g/mol. The van der Waals surface area contributed by atoms with Gasteiger partial charge in [0.15, 0.2) is 34.7 Å². The number of benzene rings is 1. The predicted octanol–water partition coefficient (Wildman–Crippen LogP) is 0.590. The molecule has 4 unspecified atom stereocenters. The number of phenolic OH excluding ortho intramolecular Hbond substituents is 1. The lowest BCUT2D eigenvalue weighted by atomic mass is 9.52. The smallest absolute Gasteiger partial charge is 0.235 e. The second-order valence-corrected chi connectivity index (χ2v) is 13.0. The minimum atomic E-state index is -2.79. The van der Waals surface area contributed by atoms with Crippen LogP contribution in [0.25, 0.3) is 10.6 Å². The minimum Gasteiger partial charge on any atom is -0.505 e. The number of likely N-dealkylation sites (N-methyl/N-ethyl adjacent to an activating group) is 1. The Hall–Kier alpha value is -4.60. The Kier molecular flexibility index (Phi) is 7.29. The van der Waals surface area contributed by atoms with Gasteiger partial charge in [0.2, 0.25) is 11.9 Å². The average Bonchev–Trinajstić information content (AvgIpc) is 3.51. The molecule has 0 radical (unpaired) electrons. The number of nitrogens with one attached hydrogen (secondary N) is 1. The van der Waals surface area contributed by atoms with Crippen molar-refractivity contribution in [3.8, 4) is 16.3 Å². The fraction of sp³-hybridized carbons (Fsp3) is 0.400. The summed E-state index contributed by atoms with van der Waals surface area (Å²) in [7, 11) is 6.62. The van der Waals surface area contributed by atoms with Gasteiger partial charge in [-0.05, 0) is 44.5 Å². The van der Waals surface area contributed by atoms with Gasteiger partial charge in [-0.2, -0.15) is 0 Å². The van der Waals surface area contributed by atoms with E-state index in [1.165, 1.54) is 16.2 Å². The Bertz CT molecular complexity index is 1760. The molecule has 0 bridgehead atoms. The molecule has 15 heteroatoms. The van der Waals surface area contributed by atoms with E-state index in [0.29, 0.717) is 16.8 Å². The van der Waals surface area contributed by atoms with Crippen LogP contribution in [0.5, 0.6) is 5.75 Å². The number of Topliss-reactive ketones (excluding diaryl/α,β-unsaturated/α-hetero) is 4. The molecule has 6 rings (SSSR count). The van der Waals surface area contributed by atoms with Gasteiger partial charge in [0.1, 0.15) is 10.8 Å². The molecule has 45 heavy (non-hydrogen) atoms. The molecule has 2 fully saturated rings. The molecule has 6 atom stereocenters. The first-order valence-corrected chi connectivity index (χ1v) is 15.0. The SMILES string of the molecule is CN(C)c1cc(Nc2ncc(-c3nccs3)cn2)c(O)c2c1CC1CC3[C@H](N(C)C)C(=O)C(C(N)=O)C(=O)[C@@]3(O)C(=O)C1C2=O. The second-order valence-electron chi connectivity index (χ2n) is 12.1. The predicted molar refractivity (Wildman–Crippen MR) is 162 cm³/mol. The van der Waals surface area contributed by atoms with E-state index >= 15 is 0 Å². The molecule has 14 nitrogen and oxygen atoms in total. The van der Waals surface area contributed by atoms with Gasteiger partial charge in [-0.15, -0.1) is 11.3 Å². The molecular weight excluding hydrogens is 602 g/mol. The number of aromatic hydroxyl groups is 1. The number of primary amides is 1. The molecule has 0 aliphatic heterocycles. The molecule has 3 aliphatic carbocycles. The first kappa shape index (κ1) is 30.4. The molecule has 0 saturated heterocycles. The zero-order chi connectivity index (χ0) is 32.5. The van der Waals surface area contributed by atoms with Crippen molar-refractivity contribution in [3.05, 3.63) is 41.2 Å². The molecule has 2 aromatic heterocycles. The van der Waals surface area contributed by atoms with Crippen molar-refractivity contribution < 1.29 is 34.2 Å². The van der Waals surface area contributed by atoms with E-state index in [1.54, 1.807) is 57.7 Å². The van der Waals surface area contributed by atoms with Crippen molar-refractivity contribution in [2.75, 3.05) is 38.4 Å². The van der Waals surface area contributed by atoms with Gasteiger partial charge in [0, 0.05) is 55.2 Å². The van der Waals surface area contributed by atoms with Gasteiger partial charge < -0.3 is 26.2 Å². The zero-order valence-electron chi connectivity index (χ0n) is 24.8. The summed E-state index contributed by atoms with van der Waals surface area (Å²) in [4.78, 5) is 83.4. The molecular formula is C30H31N7O7S. The van der Waals surface area contributed by atoms with Crippen molar-refractivity contribution in [2.24, 2.45) is 29.4 Å². The van der Waals surface area contributed by atoms with Crippen LogP contribution < -0.4 is 16.0 Å². The van der Waals surface area contributed by atoms with E-state index in [9.17, 15) is 34.2 Å². The molecule has 5 N–H and O–H groups in total. The summed E-state index contributed by atoms with van der Waals surface area (Å²) in [5.74, 6) is -11.0. The number of phenols is 1. The number of carbonyl (C=O) groups is 5. The largest absolute Gasteiger partial charge is 0.505 e. The maximum absolute atomic E-state index is 14.2. The number of amides is 1. The summed E-state index contributed by atoms with van der Waals surface area (Å²) < 4.78 is 0. The quantitative estimate of drug-likeness (QED) is 0.217. The first-order valence-electron chi connectivity index (χ1n) is 14.2. The number of aromatic nitrogens is 3. The number of aliphatic hydroxyl groups is 1. The Labute approximate surface area is 261 Å². The number of nitrogens with two attached hydrogens (primary N) is 1. The van der Waals surface area contributed by atoms with Crippen molar-refractivity contribution >= 4 is 57.7 Å². The molecule has 1 aromatic carbocycles. The van der Waals surface area contributed by atoms with Crippen LogP contribution in [-0.2, 0) is 25.6 Å². The van der Waals surface area contributed by atoms with Crippen molar-refractivity contribution in [3.63, 3.8) is 0 Å². The van der Waals surface area contributed by atoms with Crippen LogP contribution in [0.2, 0.25) is 0 Å². The lowest BCUT2D eigenvalue weighted by molar-refractivity contribution is -0.181. The highest BCUT2D eigenvalue weighted by Crippen LogP contribution is 2.53. The van der Waals surface area contributed by atoms with E-state index in [2.05, 4.69) is 20.3 Å². The first-order chi connectivity index (χ1) is 21.3. The molecule has 234 valence electrons. The van der Waals surface area contributed by atoms with E-state index in [1.807, 2.05) is 5.38 Å². The van der Waals surface area contributed by atoms with Crippen LogP contribution in [0, 0.1) is 23.7 Å². The maximum atomic E-state index is 14.2. The number of ketones is 4. The van der Waals surface area contributed by atoms with E-state index in [0.717, 1.165) is 5.01 Å². The highest BCUT2D eigenvalue weighted by Gasteiger charge is 2.69. The lowest BCUT2D eigenvalue weighted by Crippen LogP contribution is -2.74. The van der Waals surface area contributed by atoms with Crippen molar-refractivity contribution in [1.29, 1.82) is 0 Å². The lowest BCUT2D eigenvalue weighted by Gasteiger charge is -2.52. The molecule has 1 amide bonds. The Morgan fingerprint density at radius 2 is 1.78 bits per heavy atom. The standard InChI is InChI=1S/C30H31N7O7S/c1-36(2)17-9-16(35-29-33-10-13(11-34-29)28-32-5-6-45-28)22(38)19-14(17)7-12-8-15-21(37(3)4)24(40)20(27(31)43)26(42)30(15,44)25(41)18(12)23(19)39/h5-6,9-12,15,18,20-21,38,44H,7-8H2,1-4H3,(H2,31,43)(H,33,34,35)/t12?,15?,18?,20?,21-,30-/m0/s1. The summed E-state index contributed by atoms with van der Waals surface area (Å²) in [6.07, 6.45) is 4.91. The number of anilines is 3. The number of nitrogens with zero attached hydrogens (tertiary/aromatic N) is 5. The fourth-order valence-corrected chi connectivity index (χ4v) is 7.75. The number of thiazole rings is 1. The summed E-state index contributed by atoms with van der Waals surface area (Å²) >= 11 is 1.43. The molecule has 3 aliphatic rings. The van der Waals surface area contributed by atoms with E-state index in [-0.39, 0.29) is 30.0 Å². The van der Waals surface area contributed by atoms with Gasteiger partial charge in [0.05, 0.1) is 23.2 Å². The van der Waals surface area contributed by atoms with Crippen LogP contribution in [0.15, 0.2) is 30.0 Å². The number of hydrogen-bond acceptors (Lipinski definition) is 14. The van der Waals surface area contributed by atoms with Crippen molar-refractivity contribution in [2.45, 2.75) is 24.5 Å². The number of carbonyl (C=O) groups excluding carboxylic acids is 5. The topological polar surface area (TPSA) is 209 Å². The minimum absolute atomic E-state index is 0.0309. The number of fused-ring (bicyclic) bond motifs is 3. The van der Waals surface area contributed by atoms with Gasteiger partial charge in [-0.25, -0.2) is 15.0 Å². The number of rotatable bonds is 6. The fourth-order valence-electron chi connectivity index (χ4n) is 7.14. The van der Waals surface area contributed by atoms with Crippen LogP contribution >= 0.6 is 11.3 Å². The third kappa shape index (κ3) is 4.52. The summed E-state index contributed by atoms with van der Waals surface area (Å²) in [5, 5.41) is 28.7. The summed E-state index contributed by atoms with van der Waals surface area (Å²) in [6, 6.07) is 0.482. The summed E-state index contributed by atoms with van der Waals surface area (Å²) in [5.41, 5.74) is 4.33. The maximum Gasteiger partial charge on any atom is 0.235 e. The van der Waals surface area contributed by atoms with Gasteiger partial charge >= 0.3 is 0 Å². The number of hydrogen-bond donors (Lipinski definition) is 4. The summed E-state index contributed by atoms with van der Waals surface area (Å²) in [6.45, 7) is 0. The third-order valence-corrected chi connectivity index (χ3v) is 9.92.